The normalized spacial score (nSPS) is 14.1. The zero-order chi connectivity index (χ0) is 12.8. The molecular weight excluding hydrogens is 220 g/mol. The van der Waals surface area contributed by atoms with E-state index >= 15 is 0 Å². The van der Waals surface area contributed by atoms with Crippen molar-refractivity contribution in [1.29, 1.82) is 0 Å². The van der Waals surface area contributed by atoms with Crippen LogP contribution in [0, 0.1) is 0 Å². The molecule has 2 N–H and O–H groups in total. The lowest BCUT2D eigenvalue weighted by Gasteiger charge is -2.19. The Morgan fingerprint density at radius 1 is 1.06 bits per heavy atom. The Hall–Kier alpha value is -1.67. The lowest BCUT2D eigenvalue weighted by Crippen LogP contribution is -2.16. The van der Waals surface area contributed by atoms with Gasteiger partial charge in [-0.05, 0) is 30.0 Å². The van der Waals surface area contributed by atoms with Gasteiger partial charge < -0.3 is 5.73 Å². The minimum atomic E-state index is 0.335. The number of pyridine rings is 1. The van der Waals surface area contributed by atoms with Crippen LogP contribution in [0.15, 0.2) is 54.7 Å². The molecule has 0 unspecified atom stereocenters. The molecule has 2 nitrogen and oxygen atoms in total. The smallest absolute Gasteiger partial charge is 0.0447 e. The second-order valence-corrected chi connectivity index (χ2v) is 4.73. The summed E-state index contributed by atoms with van der Waals surface area (Å²) < 4.78 is 0. The van der Waals surface area contributed by atoms with E-state index < -0.39 is 0 Å². The molecule has 0 fully saturated rings. The van der Waals surface area contributed by atoms with Crippen molar-refractivity contribution in [2.24, 2.45) is 5.73 Å². The van der Waals surface area contributed by atoms with Crippen LogP contribution in [-0.4, -0.2) is 11.5 Å². The van der Waals surface area contributed by atoms with Crippen molar-refractivity contribution in [3.05, 3.63) is 66.0 Å². The van der Waals surface area contributed by atoms with Crippen molar-refractivity contribution >= 4 is 0 Å². The van der Waals surface area contributed by atoms with Crippen LogP contribution in [0.3, 0.4) is 0 Å². The van der Waals surface area contributed by atoms with E-state index in [-0.39, 0.29) is 0 Å². The number of nitrogens with two attached hydrogens (primary N) is 1. The van der Waals surface area contributed by atoms with Crippen LogP contribution in [0.4, 0.5) is 0 Å². The monoisotopic (exact) mass is 240 g/mol. The third kappa shape index (κ3) is 3.17. The van der Waals surface area contributed by atoms with Crippen molar-refractivity contribution in [2.75, 3.05) is 6.54 Å². The fraction of sp³-hybridized carbons (Fsp3) is 0.312. The average molecular weight is 240 g/mol. The molecule has 2 rings (SSSR count). The number of nitrogens with zero attached hydrogens (tertiary/aromatic N) is 1. The zero-order valence-corrected chi connectivity index (χ0v) is 10.8. The summed E-state index contributed by atoms with van der Waals surface area (Å²) in [6.07, 6.45) is 2.88. The van der Waals surface area contributed by atoms with Gasteiger partial charge in [-0.1, -0.05) is 43.3 Å². The quantitative estimate of drug-likeness (QED) is 0.870. The molecule has 0 amide bonds. The second-order valence-electron chi connectivity index (χ2n) is 4.73. The van der Waals surface area contributed by atoms with Crippen LogP contribution >= 0.6 is 0 Å². The van der Waals surface area contributed by atoms with E-state index in [4.69, 9.17) is 5.73 Å². The van der Waals surface area contributed by atoms with E-state index in [1.807, 2.05) is 18.3 Å². The Balaban J connectivity index is 2.07. The second kappa shape index (κ2) is 6.31. The summed E-state index contributed by atoms with van der Waals surface area (Å²) in [4.78, 5) is 4.42. The van der Waals surface area contributed by atoms with Crippen molar-refractivity contribution in [3.63, 3.8) is 0 Å². The van der Waals surface area contributed by atoms with Crippen LogP contribution in [-0.2, 0) is 0 Å². The molecule has 18 heavy (non-hydrogen) atoms. The van der Waals surface area contributed by atoms with Crippen molar-refractivity contribution in [3.8, 4) is 0 Å². The third-order valence-corrected chi connectivity index (χ3v) is 3.40. The minimum Gasteiger partial charge on any atom is -0.330 e. The highest BCUT2D eigenvalue weighted by Crippen LogP contribution is 2.27. The molecule has 0 radical (unpaired) electrons. The van der Waals surface area contributed by atoms with E-state index in [1.165, 1.54) is 5.56 Å². The lowest BCUT2D eigenvalue weighted by atomic mass is 9.88. The van der Waals surface area contributed by atoms with Gasteiger partial charge in [0.05, 0.1) is 0 Å². The molecular formula is C16H20N2. The maximum atomic E-state index is 5.89. The Kier molecular flexibility index (Phi) is 4.48. The van der Waals surface area contributed by atoms with Gasteiger partial charge in [0.2, 0.25) is 0 Å². The number of benzene rings is 1. The Morgan fingerprint density at radius 2 is 1.78 bits per heavy atom. The number of hydrogen-bond acceptors (Lipinski definition) is 2. The molecule has 2 atom stereocenters. The Morgan fingerprint density at radius 3 is 2.39 bits per heavy atom. The number of rotatable bonds is 5. The van der Waals surface area contributed by atoms with Crippen molar-refractivity contribution in [2.45, 2.75) is 25.2 Å². The summed E-state index contributed by atoms with van der Waals surface area (Å²) in [5.74, 6) is 0.836. The molecule has 1 aromatic heterocycles. The van der Waals surface area contributed by atoms with E-state index in [9.17, 15) is 0 Å². The van der Waals surface area contributed by atoms with Gasteiger partial charge in [0.15, 0.2) is 0 Å². The topological polar surface area (TPSA) is 38.9 Å². The van der Waals surface area contributed by atoms with E-state index in [2.05, 4.69) is 48.3 Å². The standard InChI is InChI=1S/C16H20N2/c1-13(14-7-3-2-4-8-14)11-15(12-17)16-9-5-6-10-18-16/h2-10,13,15H,11-12,17H2,1H3/t13-,15-/m0/s1. The SMILES string of the molecule is C[C@@H](C[C@@H](CN)c1ccccn1)c1ccccc1. The summed E-state index contributed by atoms with van der Waals surface area (Å²) in [6.45, 7) is 2.90. The minimum absolute atomic E-state index is 0.335. The van der Waals surface area contributed by atoms with Gasteiger partial charge in [-0.2, -0.15) is 0 Å². The van der Waals surface area contributed by atoms with Crippen molar-refractivity contribution in [1.82, 2.24) is 4.98 Å². The third-order valence-electron chi connectivity index (χ3n) is 3.40. The van der Waals surface area contributed by atoms with Crippen LogP contribution in [0.5, 0.6) is 0 Å². The summed E-state index contributed by atoms with van der Waals surface area (Å²) in [6, 6.07) is 16.6. The first kappa shape index (κ1) is 12.8. The zero-order valence-electron chi connectivity index (χ0n) is 10.8. The summed E-state index contributed by atoms with van der Waals surface area (Å²) >= 11 is 0. The van der Waals surface area contributed by atoms with Gasteiger partial charge in [0.25, 0.3) is 0 Å². The van der Waals surface area contributed by atoms with Crippen LogP contribution in [0.2, 0.25) is 0 Å². The molecule has 94 valence electrons. The van der Waals surface area contributed by atoms with Crippen LogP contribution in [0.1, 0.15) is 36.4 Å². The molecule has 0 saturated heterocycles. The Labute approximate surface area is 109 Å². The predicted molar refractivity (Wildman–Crippen MR) is 75.5 cm³/mol. The average Bonchev–Trinajstić information content (AvgIpc) is 2.46. The number of hydrogen-bond donors (Lipinski definition) is 1. The van der Waals surface area contributed by atoms with Crippen LogP contribution < -0.4 is 5.73 Å². The number of aromatic nitrogens is 1. The predicted octanol–water partition coefficient (Wildman–Crippen LogP) is 3.32. The summed E-state index contributed by atoms with van der Waals surface area (Å²) in [5.41, 5.74) is 8.36. The molecule has 2 aromatic rings. The summed E-state index contributed by atoms with van der Waals surface area (Å²) in [7, 11) is 0. The van der Waals surface area contributed by atoms with Gasteiger partial charge in [-0.3, -0.25) is 4.98 Å². The molecule has 0 aliphatic carbocycles. The van der Waals surface area contributed by atoms with Crippen molar-refractivity contribution < 1.29 is 0 Å². The molecule has 1 aromatic carbocycles. The highest BCUT2D eigenvalue weighted by Gasteiger charge is 2.15. The van der Waals surface area contributed by atoms with Gasteiger partial charge in [0, 0.05) is 24.4 Å². The fourth-order valence-corrected chi connectivity index (χ4v) is 2.30. The van der Waals surface area contributed by atoms with E-state index in [1.54, 1.807) is 0 Å². The van der Waals surface area contributed by atoms with E-state index in [0.717, 1.165) is 12.1 Å². The molecule has 2 heteroatoms. The molecule has 0 spiro atoms. The van der Waals surface area contributed by atoms with E-state index in [0.29, 0.717) is 18.4 Å². The first-order valence-electron chi connectivity index (χ1n) is 6.47. The largest absolute Gasteiger partial charge is 0.330 e. The molecule has 0 aliphatic rings. The highest BCUT2D eigenvalue weighted by molar-refractivity contribution is 5.20. The maximum absolute atomic E-state index is 5.89. The Bertz CT molecular complexity index is 453. The molecule has 0 aliphatic heterocycles. The lowest BCUT2D eigenvalue weighted by molar-refractivity contribution is 0.554. The molecule has 0 bridgehead atoms. The molecule has 1 heterocycles. The van der Waals surface area contributed by atoms with Gasteiger partial charge in [-0.15, -0.1) is 0 Å². The molecule has 0 saturated carbocycles. The first-order valence-corrected chi connectivity index (χ1v) is 6.47. The fourth-order valence-electron chi connectivity index (χ4n) is 2.30. The highest BCUT2D eigenvalue weighted by atomic mass is 14.7. The van der Waals surface area contributed by atoms with Crippen LogP contribution in [0.25, 0.3) is 0 Å². The summed E-state index contributed by atoms with van der Waals surface area (Å²) in [5, 5.41) is 0. The first-order chi connectivity index (χ1) is 8.81. The maximum Gasteiger partial charge on any atom is 0.0447 e. The van der Waals surface area contributed by atoms with Gasteiger partial charge >= 0.3 is 0 Å². The van der Waals surface area contributed by atoms with Gasteiger partial charge in [0.1, 0.15) is 0 Å². The van der Waals surface area contributed by atoms with Gasteiger partial charge in [-0.25, -0.2) is 0 Å².